The summed E-state index contributed by atoms with van der Waals surface area (Å²) in [5.74, 6) is -0.0174. The van der Waals surface area contributed by atoms with Crippen molar-refractivity contribution in [2.24, 2.45) is 0 Å². The molecule has 3 nitrogen and oxygen atoms in total. The molecule has 0 aromatic heterocycles. The average molecular weight is 123 g/mol. The van der Waals surface area contributed by atoms with E-state index in [0.29, 0.717) is 0 Å². The minimum Gasteiger partial charge on any atom is -0.268 e. The second-order valence-corrected chi connectivity index (χ2v) is 2.89. The molecule has 0 unspecified atom stereocenters. The zero-order chi connectivity index (χ0) is 5.91. The van der Waals surface area contributed by atoms with Crippen LogP contribution in [-0.2, 0) is 14.3 Å². The Kier molecular flexibility index (Phi) is 2.25. The molecule has 43 valence electrons. The Bertz CT molecular complexity index is 113. The highest BCUT2D eigenvalue weighted by Gasteiger charge is 2.00. The van der Waals surface area contributed by atoms with E-state index in [1.807, 2.05) is 0 Å². The van der Waals surface area contributed by atoms with Gasteiger partial charge in [0.2, 0.25) is 0 Å². The predicted octanol–water partition coefficient (Wildman–Crippen LogP) is 0.144. The second-order valence-electron chi connectivity index (χ2n) is 0.964. The zero-order valence-corrected chi connectivity index (χ0v) is 4.86. The van der Waals surface area contributed by atoms with Crippen molar-refractivity contribution < 1.29 is 12.6 Å². The SMILES string of the molecule is [CH2]OS(=O)(=O)CC. The first-order valence-electron chi connectivity index (χ1n) is 1.78. The van der Waals surface area contributed by atoms with Gasteiger partial charge in [0.25, 0.3) is 10.1 Å². The first-order valence-corrected chi connectivity index (χ1v) is 3.36. The second kappa shape index (κ2) is 2.28. The van der Waals surface area contributed by atoms with Crippen LogP contribution in [0.5, 0.6) is 0 Å². The van der Waals surface area contributed by atoms with Gasteiger partial charge in [0, 0.05) is 0 Å². The summed E-state index contributed by atoms with van der Waals surface area (Å²) in [5.41, 5.74) is 0. The van der Waals surface area contributed by atoms with Gasteiger partial charge < -0.3 is 0 Å². The molecule has 0 aromatic rings. The molecular weight excluding hydrogens is 116 g/mol. The normalized spacial score (nSPS) is 11.7. The van der Waals surface area contributed by atoms with Crippen molar-refractivity contribution in [3.8, 4) is 0 Å². The van der Waals surface area contributed by atoms with Crippen molar-refractivity contribution >= 4 is 10.1 Å². The molecule has 0 rings (SSSR count). The number of rotatable bonds is 2. The van der Waals surface area contributed by atoms with Gasteiger partial charge in [-0.3, -0.25) is 4.18 Å². The van der Waals surface area contributed by atoms with Gasteiger partial charge >= 0.3 is 0 Å². The Morgan fingerprint density at radius 3 is 2.14 bits per heavy atom. The molecule has 7 heavy (non-hydrogen) atoms. The fraction of sp³-hybridized carbons (Fsp3) is 0.667. The number of hydrogen-bond acceptors (Lipinski definition) is 3. The molecule has 0 aliphatic carbocycles. The third-order valence-electron chi connectivity index (χ3n) is 0.533. The van der Waals surface area contributed by atoms with Gasteiger partial charge in [0.05, 0.1) is 12.9 Å². The zero-order valence-electron chi connectivity index (χ0n) is 4.05. The number of hydrogen-bond donors (Lipinski definition) is 0. The molecular formula is C3H7O3S. The first kappa shape index (κ1) is 6.91. The molecule has 0 bridgehead atoms. The molecule has 0 spiro atoms. The van der Waals surface area contributed by atoms with Crippen LogP contribution in [0.1, 0.15) is 6.92 Å². The van der Waals surface area contributed by atoms with Gasteiger partial charge in [-0.1, -0.05) is 0 Å². The molecule has 0 saturated heterocycles. The van der Waals surface area contributed by atoms with E-state index in [9.17, 15) is 8.42 Å². The molecule has 0 fully saturated rings. The predicted molar refractivity (Wildman–Crippen MR) is 25.9 cm³/mol. The van der Waals surface area contributed by atoms with Crippen molar-refractivity contribution in [2.75, 3.05) is 5.75 Å². The lowest BCUT2D eigenvalue weighted by Gasteiger charge is -1.90. The standard InChI is InChI=1S/C3H7O3S/c1-3-7(4,5)6-2/h2-3H2,1H3. The minimum atomic E-state index is -3.27. The maximum atomic E-state index is 10.1. The highest BCUT2D eigenvalue weighted by atomic mass is 32.2. The summed E-state index contributed by atoms with van der Waals surface area (Å²) in [6.07, 6.45) is 0. The topological polar surface area (TPSA) is 43.4 Å². The van der Waals surface area contributed by atoms with Crippen LogP contribution < -0.4 is 0 Å². The Morgan fingerprint density at radius 1 is 1.71 bits per heavy atom. The summed E-state index contributed by atoms with van der Waals surface area (Å²) in [7, 11) is -0.528. The fourth-order valence-electron chi connectivity index (χ4n) is 0.0833. The van der Waals surface area contributed by atoms with Gasteiger partial charge in [0.1, 0.15) is 0 Å². The van der Waals surface area contributed by atoms with E-state index in [-0.39, 0.29) is 5.75 Å². The summed E-state index contributed by atoms with van der Waals surface area (Å²) >= 11 is 0. The molecule has 4 heteroatoms. The van der Waals surface area contributed by atoms with Crippen LogP contribution in [0, 0.1) is 7.11 Å². The highest BCUT2D eigenvalue weighted by Crippen LogP contribution is 1.86. The van der Waals surface area contributed by atoms with Crippen LogP contribution in [0.25, 0.3) is 0 Å². The monoisotopic (exact) mass is 123 g/mol. The lowest BCUT2D eigenvalue weighted by Crippen LogP contribution is -2.02. The van der Waals surface area contributed by atoms with Crippen LogP contribution in [-0.4, -0.2) is 14.2 Å². The van der Waals surface area contributed by atoms with E-state index >= 15 is 0 Å². The smallest absolute Gasteiger partial charge is 0.267 e. The van der Waals surface area contributed by atoms with E-state index in [1.54, 1.807) is 0 Å². The van der Waals surface area contributed by atoms with Crippen molar-refractivity contribution in [3.63, 3.8) is 0 Å². The van der Waals surface area contributed by atoms with E-state index in [2.05, 4.69) is 11.3 Å². The Labute approximate surface area is 43.4 Å². The molecule has 0 aliphatic rings. The fourth-order valence-corrected chi connectivity index (χ4v) is 0.250. The van der Waals surface area contributed by atoms with Crippen molar-refractivity contribution in [2.45, 2.75) is 6.92 Å². The Balaban J connectivity index is 3.89. The van der Waals surface area contributed by atoms with E-state index in [1.165, 1.54) is 6.92 Å². The van der Waals surface area contributed by atoms with Crippen molar-refractivity contribution in [3.05, 3.63) is 7.11 Å². The van der Waals surface area contributed by atoms with Crippen LogP contribution in [0.3, 0.4) is 0 Å². The molecule has 0 aromatic carbocycles. The molecule has 1 radical (unpaired) electrons. The van der Waals surface area contributed by atoms with Gasteiger partial charge in [-0.2, -0.15) is 8.42 Å². The minimum absolute atomic E-state index is 0.0174. The lowest BCUT2D eigenvalue weighted by molar-refractivity contribution is 0.439. The van der Waals surface area contributed by atoms with Crippen LogP contribution in [0.4, 0.5) is 0 Å². The van der Waals surface area contributed by atoms with Crippen molar-refractivity contribution in [1.29, 1.82) is 0 Å². The summed E-state index contributed by atoms with van der Waals surface area (Å²) in [6, 6.07) is 0. The summed E-state index contributed by atoms with van der Waals surface area (Å²) in [5, 5.41) is 0. The third kappa shape index (κ3) is 2.59. The summed E-state index contributed by atoms with van der Waals surface area (Å²) < 4.78 is 24.0. The first-order chi connectivity index (χ1) is 3.12. The Hall–Kier alpha value is -0.0900. The van der Waals surface area contributed by atoms with Crippen LogP contribution >= 0.6 is 0 Å². The van der Waals surface area contributed by atoms with Gasteiger partial charge in [-0.05, 0) is 6.92 Å². The molecule has 0 saturated carbocycles. The van der Waals surface area contributed by atoms with Crippen molar-refractivity contribution in [1.82, 2.24) is 0 Å². The largest absolute Gasteiger partial charge is 0.268 e. The van der Waals surface area contributed by atoms with Gasteiger partial charge in [-0.15, -0.1) is 0 Å². The van der Waals surface area contributed by atoms with E-state index in [0.717, 1.165) is 0 Å². The summed E-state index contributed by atoms with van der Waals surface area (Å²) in [6.45, 7) is 1.49. The van der Waals surface area contributed by atoms with Gasteiger partial charge in [-0.25, -0.2) is 0 Å². The molecule has 0 atom stereocenters. The quantitative estimate of drug-likeness (QED) is 0.491. The third-order valence-corrected chi connectivity index (χ3v) is 1.60. The molecule has 0 heterocycles. The van der Waals surface area contributed by atoms with Gasteiger partial charge in [0.15, 0.2) is 0 Å². The maximum Gasteiger partial charge on any atom is 0.267 e. The highest BCUT2D eigenvalue weighted by molar-refractivity contribution is 7.86. The maximum absolute atomic E-state index is 10.1. The van der Waals surface area contributed by atoms with Crippen LogP contribution in [0.15, 0.2) is 0 Å². The van der Waals surface area contributed by atoms with Crippen LogP contribution in [0.2, 0.25) is 0 Å². The van der Waals surface area contributed by atoms with E-state index in [4.69, 9.17) is 0 Å². The van der Waals surface area contributed by atoms with E-state index < -0.39 is 10.1 Å². The average Bonchev–Trinajstić information content (AvgIpc) is 1.68. The Morgan fingerprint density at radius 2 is 2.14 bits per heavy atom. The molecule has 0 N–H and O–H groups in total. The molecule has 0 amide bonds. The summed E-state index contributed by atoms with van der Waals surface area (Å²) in [4.78, 5) is 0. The molecule has 0 aliphatic heterocycles. The lowest BCUT2D eigenvalue weighted by atomic mass is 11.0.